The first kappa shape index (κ1) is 35.2. The molecule has 14 nitrogen and oxygen atoms in total. The molecule has 0 aromatic heterocycles. The molecular weight excluding hydrogens is 572 g/mol. The van der Waals surface area contributed by atoms with Gasteiger partial charge in [0.25, 0.3) is 0 Å². The molecule has 5 amide bonds. The van der Waals surface area contributed by atoms with Gasteiger partial charge in [-0.1, -0.05) is 56.3 Å². The number of aliphatic carboxylic acids is 1. The summed E-state index contributed by atoms with van der Waals surface area (Å²) in [7, 11) is 0. The fourth-order valence-corrected chi connectivity index (χ4v) is 4.23. The van der Waals surface area contributed by atoms with Gasteiger partial charge in [0.15, 0.2) is 0 Å². The molecule has 2 aromatic rings. The van der Waals surface area contributed by atoms with Gasteiger partial charge in [-0.2, -0.15) is 0 Å². The first-order valence-electron chi connectivity index (χ1n) is 14.0. The van der Waals surface area contributed by atoms with E-state index in [2.05, 4.69) is 21.3 Å². The quantitative estimate of drug-likeness (QED) is 0.110. The number of carboxylic acid groups (broad SMARTS) is 1. The highest BCUT2D eigenvalue weighted by Gasteiger charge is 2.30. The number of carboxylic acids is 1. The van der Waals surface area contributed by atoms with Crippen LogP contribution in [0, 0.1) is 5.92 Å². The van der Waals surface area contributed by atoms with Gasteiger partial charge in [0.1, 0.15) is 23.9 Å². The van der Waals surface area contributed by atoms with Gasteiger partial charge in [-0.25, -0.2) is 0 Å². The molecule has 0 spiro atoms. The second kappa shape index (κ2) is 17.2. The molecule has 10 N–H and O–H groups in total. The Morgan fingerprint density at radius 3 is 1.91 bits per heavy atom. The van der Waals surface area contributed by atoms with Crippen molar-refractivity contribution in [3.05, 3.63) is 65.7 Å². The van der Waals surface area contributed by atoms with Crippen LogP contribution in [0.5, 0.6) is 5.75 Å². The lowest BCUT2D eigenvalue weighted by Crippen LogP contribution is -2.57. The Balaban J connectivity index is 2.13. The van der Waals surface area contributed by atoms with Crippen LogP contribution in [0.3, 0.4) is 0 Å². The monoisotopic (exact) mass is 612 g/mol. The molecule has 0 fully saturated rings. The Hall–Kier alpha value is -4.98. The molecule has 2 aromatic carbocycles. The number of carbonyl (C=O) groups is 6. The maximum absolute atomic E-state index is 13.2. The first-order chi connectivity index (χ1) is 20.7. The van der Waals surface area contributed by atoms with Crippen LogP contribution in [0.25, 0.3) is 0 Å². The van der Waals surface area contributed by atoms with Crippen LogP contribution in [0.4, 0.5) is 0 Å². The van der Waals surface area contributed by atoms with Crippen LogP contribution in [-0.2, 0) is 41.6 Å². The summed E-state index contributed by atoms with van der Waals surface area (Å²) in [6.45, 7) is 3.18. The van der Waals surface area contributed by atoms with Crippen molar-refractivity contribution in [2.24, 2.45) is 17.4 Å². The number of phenols is 1. The van der Waals surface area contributed by atoms with E-state index < -0.39 is 72.6 Å². The van der Waals surface area contributed by atoms with E-state index in [1.54, 1.807) is 42.5 Å². The number of phenolic OH excluding ortho intramolecular Hbond substituents is 1. The Bertz CT molecular complexity index is 1300. The molecular formula is C30H40N6O8. The highest BCUT2D eigenvalue weighted by molar-refractivity contribution is 5.96. The van der Waals surface area contributed by atoms with Gasteiger partial charge >= 0.3 is 5.97 Å². The van der Waals surface area contributed by atoms with Crippen LogP contribution < -0.4 is 32.7 Å². The minimum absolute atomic E-state index is 0.0224. The summed E-state index contributed by atoms with van der Waals surface area (Å²) in [4.78, 5) is 74.8. The van der Waals surface area contributed by atoms with Gasteiger partial charge < -0.3 is 42.9 Å². The fraction of sp³-hybridized carbons (Fsp3) is 0.400. The van der Waals surface area contributed by atoms with Gasteiger partial charge in [0.2, 0.25) is 29.5 Å². The smallest absolute Gasteiger partial charge is 0.305 e. The van der Waals surface area contributed by atoms with Gasteiger partial charge in [-0.3, -0.25) is 28.8 Å². The molecule has 2 rings (SSSR count). The summed E-state index contributed by atoms with van der Waals surface area (Å²) < 4.78 is 0. The predicted molar refractivity (Wildman–Crippen MR) is 160 cm³/mol. The summed E-state index contributed by atoms with van der Waals surface area (Å²) in [5.41, 5.74) is 12.6. The minimum Gasteiger partial charge on any atom is -0.508 e. The van der Waals surface area contributed by atoms with E-state index in [1.165, 1.54) is 12.1 Å². The summed E-state index contributed by atoms with van der Waals surface area (Å²) in [6, 6.07) is 9.68. The molecule has 238 valence electrons. The van der Waals surface area contributed by atoms with Crippen LogP contribution >= 0.6 is 0 Å². The van der Waals surface area contributed by atoms with Gasteiger partial charge in [-0.15, -0.1) is 0 Å². The van der Waals surface area contributed by atoms with Crippen molar-refractivity contribution in [3.63, 3.8) is 0 Å². The van der Waals surface area contributed by atoms with E-state index in [1.807, 2.05) is 13.8 Å². The van der Waals surface area contributed by atoms with Gasteiger partial charge in [0.05, 0.1) is 19.0 Å². The minimum atomic E-state index is -1.58. The molecule has 44 heavy (non-hydrogen) atoms. The molecule has 4 atom stereocenters. The zero-order chi connectivity index (χ0) is 32.8. The highest BCUT2D eigenvalue weighted by Crippen LogP contribution is 2.11. The second-order valence-electron chi connectivity index (χ2n) is 10.8. The van der Waals surface area contributed by atoms with Crippen LogP contribution in [0.15, 0.2) is 54.6 Å². The summed E-state index contributed by atoms with van der Waals surface area (Å²) in [5.74, 6) is -5.21. The lowest BCUT2D eigenvalue weighted by molar-refractivity contribution is -0.141. The lowest BCUT2D eigenvalue weighted by atomic mass is 10.0. The molecule has 0 saturated heterocycles. The SMILES string of the molecule is CC(C)CC(NC(=O)CNC(=O)C(Cc1ccccc1)NC(=O)C(CC(=O)O)NC(=O)C(N)Cc1ccc(O)cc1)C(N)=O. The van der Waals surface area contributed by atoms with Gasteiger partial charge in [0, 0.05) is 6.42 Å². The number of hydrogen-bond acceptors (Lipinski definition) is 8. The second-order valence-corrected chi connectivity index (χ2v) is 10.8. The normalized spacial score (nSPS) is 13.5. The Morgan fingerprint density at radius 1 is 0.750 bits per heavy atom. The number of aromatic hydroxyl groups is 1. The van der Waals surface area contributed by atoms with Crippen molar-refractivity contribution in [1.29, 1.82) is 0 Å². The van der Waals surface area contributed by atoms with Crippen molar-refractivity contribution in [1.82, 2.24) is 21.3 Å². The fourth-order valence-electron chi connectivity index (χ4n) is 4.23. The lowest BCUT2D eigenvalue weighted by Gasteiger charge is -2.24. The maximum atomic E-state index is 13.2. The average molecular weight is 613 g/mol. The molecule has 4 unspecified atom stereocenters. The summed E-state index contributed by atoms with van der Waals surface area (Å²) in [5, 5.41) is 28.5. The Morgan fingerprint density at radius 2 is 1.34 bits per heavy atom. The van der Waals surface area contributed by atoms with E-state index in [0.29, 0.717) is 17.5 Å². The molecule has 0 aliphatic carbocycles. The molecule has 0 bridgehead atoms. The summed E-state index contributed by atoms with van der Waals surface area (Å²) in [6.07, 6.45) is -0.471. The van der Waals surface area contributed by atoms with E-state index in [-0.39, 0.29) is 24.5 Å². The van der Waals surface area contributed by atoms with Crippen molar-refractivity contribution >= 4 is 35.5 Å². The number of nitrogens with two attached hydrogens (primary N) is 2. The summed E-state index contributed by atoms with van der Waals surface area (Å²) >= 11 is 0. The standard InChI is InChI=1S/C30H40N6O8/c1-17(2)12-22(27(32)41)34-25(38)16-33-29(43)23(14-18-6-4-3-5-7-18)36-30(44)24(15-26(39)40)35-28(42)21(31)13-19-8-10-20(37)11-9-19/h3-11,17,21-24,37H,12-16,31H2,1-2H3,(H2,32,41)(H,33,43)(H,34,38)(H,35,42)(H,36,44)(H,39,40). The van der Waals surface area contributed by atoms with E-state index in [9.17, 15) is 39.0 Å². The number of benzene rings is 2. The van der Waals surface area contributed by atoms with Crippen LogP contribution in [-0.4, -0.2) is 76.4 Å². The van der Waals surface area contributed by atoms with Crippen molar-refractivity contribution < 1.29 is 39.0 Å². The van der Waals surface area contributed by atoms with Crippen molar-refractivity contribution in [2.75, 3.05) is 6.54 Å². The zero-order valence-electron chi connectivity index (χ0n) is 24.6. The molecule has 0 heterocycles. The van der Waals surface area contributed by atoms with Crippen molar-refractivity contribution in [3.8, 4) is 5.75 Å². The largest absolute Gasteiger partial charge is 0.508 e. The van der Waals surface area contributed by atoms with Crippen LogP contribution in [0.2, 0.25) is 0 Å². The highest BCUT2D eigenvalue weighted by atomic mass is 16.4. The molecule has 14 heteroatoms. The van der Waals surface area contributed by atoms with E-state index in [4.69, 9.17) is 11.5 Å². The number of primary amides is 1. The molecule has 0 saturated carbocycles. The third kappa shape index (κ3) is 12.5. The molecule has 0 aliphatic rings. The number of carbonyl (C=O) groups excluding carboxylic acids is 5. The Labute approximate surface area is 254 Å². The number of amides is 5. The Kier molecular flexibility index (Phi) is 13.8. The molecule has 0 aliphatic heterocycles. The number of rotatable bonds is 17. The third-order valence-electron chi connectivity index (χ3n) is 6.47. The predicted octanol–water partition coefficient (Wildman–Crippen LogP) is -0.919. The third-order valence-corrected chi connectivity index (χ3v) is 6.47. The van der Waals surface area contributed by atoms with E-state index in [0.717, 1.165) is 0 Å². The maximum Gasteiger partial charge on any atom is 0.305 e. The number of hydrogen-bond donors (Lipinski definition) is 8. The van der Waals surface area contributed by atoms with Gasteiger partial charge in [-0.05, 0) is 42.0 Å². The zero-order valence-corrected chi connectivity index (χ0v) is 24.6. The average Bonchev–Trinajstić information content (AvgIpc) is 2.95. The van der Waals surface area contributed by atoms with E-state index >= 15 is 0 Å². The number of nitrogens with one attached hydrogen (secondary N) is 4. The first-order valence-corrected chi connectivity index (χ1v) is 14.0. The van der Waals surface area contributed by atoms with Crippen LogP contribution in [0.1, 0.15) is 37.8 Å². The molecule has 0 radical (unpaired) electrons. The van der Waals surface area contributed by atoms with Crippen molar-refractivity contribution in [2.45, 2.75) is 63.7 Å². The topological polar surface area (TPSA) is 243 Å².